The van der Waals surface area contributed by atoms with Crippen molar-refractivity contribution >= 4 is 47.0 Å². The minimum absolute atomic E-state index is 0. The van der Waals surface area contributed by atoms with Crippen molar-refractivity contribution < 1.29 is 63.9 Å². The zero-order chi connectivity index (χ0) is 13.1. The Morgan fingerprint density at radius 1 is 0.889 bits per heavy atom. The molecular weight excluding hydrogens is 306 g/mol. The van der Waals surface area contributed by atoms with Crippen LogP contribution in [0.3, 0.4) is 0 Å². The first-order chi connectivity index (χ1) is 7.44. The molecule has 3 nitrogen and oxygen atoms in total. The van der Waals surface area contributed by atoms with Crippen LogP contribution in [-0.2, 0) is 25.3 Å². The maximum Gasteiger partial charge on any atom is 1.00 e. The van der Waals surface area contributed by atoms with E-state index in [1.165, 1.54) is 0 Å². The van der Waals surface area contributed by atoms with Gasteiger partial charge >= 0.3 is 59.1 Å². The van der Waals surface area contributed by atoms with E-state index < -0.39 is 0 Å². The van der Waals surface area contributed by atoms with Crippen molar-refractivity contribution in [3.05, 3.63) is 0 Å². The van der Waals surface area contributed by atoms with Gasteiger partial charge in [0.15, 0.2) is 0 Å². The van der Waals surface area contributed by atoms with Crippen molar-refractivity contribution in [3.8, 4) is 0 Å². The Morgan fingerprint density at radius 3 is 1.17 bits per heavy atom. The van der Waals surface area contributed by atoms with E-state index in [4.69, 9.17) is 24.8 Å². The number of amides is 1. The second-order valence-corrected chi connectivity index (χ2v) is 4.26. The largest absolute Gasteiger partial charge is 1.00 e. The van der Waals surface area contributed by atoms with Gasteiger partial charge in [0, 0.05) is 26.2 Å². The molecule has 0 saturated heterocycles. The van der Waals surface area contributed by atoms with E-state index in [-0.39, 0.29) is 64.4 Å². The van der Waals surface area contributed by atoms with Crippen LogP contribution in [0.25, 0.3) is 0 Å². The number of rotatable bonds is 4. The first-order valence-electron chi connectivity index (χ1n) is 5.36. The quantitative estimate of drug-likeness (QED) is 0.299. The number of thiocarbonyl (C=S) groups is 1. The van der Waals surface area contributed by atoms with Crippen molar-refractivity contribution in [1.29, 1.82) is 0 Å². The fraction of sp³-hybridized carbons (Fsp3) is 0.800. The van der Waals surface area contributed by atoms with Gasteiger partial charge in [-0.05, 0) is 27.7 Å². The molecule has 0 N–H and O–H groups in total. The molecular formula is C10H20N2Na2OS3. The Kier molecular flexibility index (Phi) is 29.3. The second kappa shape index (κ2) is 18.8. The molecule has 0 atom stereocenters. The summed E-state index contributed by atoms with van der Waals surface area (Å²) in [4.78, 5) is 13.9. The molecule has 0 unspecified atom stereocenters. The SMILES string of the molecule is CCN(CC)C(=O)[S-].CCN(CC)C(=S)[S-].[Na+].[Na+]. The molecule has 8 heteroatoms. The maximum atomic E-state index is 10.3. The van der Waals surface area contributed by atoms with Crippen LogP contribution in [0.2, 0.25) is 0 Å². The molecule has 0 heterocycles. The molecule has 0 radical (unpaired) electrons. The summed E-state index contributed by atoms with van der Waals surface area (Å²) in [5.41, 5.74) is 0. The third-order valence-electron chi connectivity index (χ3n) is 2.04. The van der Waals surface area contributed by atoms with Crippen LogP contribution in [-0.4, -0.2) is 45.5 Å². The molecule has 18 heavy (non-hydrogen) atoms. The molecule has 0 spiro atoms. The number of carbonyl (C=O) groups is 1. The number of hydrogen-bond donors (Lipinski definition) is 0. The summed E-state index contributed by atoms with van der Waals surface area (Å²) in [5.74, 6) is 0. The number of nitrogens with zero attached hydrogens (tertiary/aromatic N) is 2. The van der Waals surface area contributed by atoms with E-state index in [1.54, 1.807) is 4.90 Å². The van der Waals surface area contributed by atoms with E-state index in [0.29, 0.717) is 4.32 Å². The van der Waals surface area contributed by atoms with Crippen molar-refractivity contribution in [3.63, 3.8) is 0 Å². The van der Waals surface area contributed by atoms with Crippen LogP contribution >= 0.6 is 12.2 Å². The van der Waals surface area contributed by atoms with Crippen LogP contribution in [0.15, 0.2) is 0 Å². The Hall–Kier alpha value is 1.80. The Labute approximate surface area is 172 Å². The molecule has 0 aromatic carbocycles. The van der Waals surface area contributed by atoms with Gasteiger partial charge in [-0.1, -0.05) is 4.32 Å². The predicted molar refractivity (Wildman–Crippen MR) is 78.6 cm³/mol. The van der Waals surface area contributed by atoms with Gasteiger partial charge in [0.2, 0.25) is 0 Å². The average Bonchev–Trinajstić information content (AvgIpc) is 2.21. The molecule has 0 aliphatic heterocycles. The summed E-state index contributed by atoms with van der Waals surface area (Å²) in [7, 11) is 0. The Morgan fingerprint density at radius 2 is 1.17 bits per heavy atom. The topological polar surface area (TPSA) is 23.6 Å². The van der Waals surface area contributed by atoms with Crippen molar-refractivity contribution in [2.24, 2.45) is 0 Å². The van der Waals surface area contributed by atoms with Gasteiger partial charge in [-0.15, -0.1) is 0 Å². The first-order valence-corrected chi connectivity index (χ1v) is 6.58. The first kappa shape index (κ1) is 28.0. The smallest absolute Gasteiger partial charge is 0.719 e. The van der Waals surface area contributed by atoms with E-state index in [0.717, 1.165) is 26.2 Å². The molecule has 0 bridgehead atoms. The zero-order valence-corrected chi connectivity index (χ0v) is 18.8. The van der Waals surface area contributed by atoms with Gasteiger partial charge < -0.3 is 52.1 Å². The Balaban J connectivity index is -0.0000000980. The summed E-state index contributed by atoms with van der Waals surface area (Å²) < 4.78 is 0.579. The maximum absolute atomic E-state index is 10.3. The van der Waals surface area contributed by atoms with Crippen LogP contribution in [0.4, 0.5) is 4.79 Å². The summed E-state index contributed by atoms with van der Waals surface area (Å²) in [6, 6.07) is 0. The van der Waals surface area contributed by atoms with Gasteiger partial charge in [-0.3, -0.25) is 0 Å². The third kappa shape index (κ3) is 15.9. The minimum Gasteiger partial charge on any atom is -0.719 e. The molecule has 0 fully saturated rings. The summed E-state index contributed by atoms with van der Waals surface area (Å²) in [5, 5.41) is -0.255. The summed E-state index contributed by atoms with van der Waals surface area (Å²) in [6.07, 6.45) is 0. The van der Waals surface area contributed by atoms with Crippen LogP contribution < -0.4 is 59.1 Å². The van der Waals surface area contributed by atoms with E-state index in [9.17, 15) is 4.79 Å². The summed E-state index contributed by atoms with van der Waals surface area (Å²) >= 11 is 13.9. The van der Waals surface area contributed by atoms with Gasteiger partial charge in [0.1, 0.15) is 5.24 Å². The standard InChI is InChI=1S/C5H11NOS.C5H11NS2.2Na/c2*1-3-6(4-2)5(7)8;;/h2*3-4H2,1-2H3,(H,7,8);;/q;;2*+1/p-2. The molecule has 96 valence electrons. The Bertz CT molecular complexity index is 191. The van der Waals surface area contributed by atoms with Gasteiger partial charge in [0.25, 0.3) is 0 Å². The fourth-order valence-corrected chi connectivity index (χ4v) is 1.74. The second-order valence-electron chi connectivity index (χ2n) is 2.88. The van der Waals surface area contributed by atoms with Gasteiger partial charge in [-0.25, -0.2) is 0 Å². The molecule has 0 saturated carbocycles. The zero-order valence-electron chi connectivity index (χ0n) is 12.4. The molecule has 0 aromatic rings. The normalized spacial score (nSPS) is 7.78. The monoisotopic (exact) mass is 326 g/mol. The van der Waals surface area contributed by atoms with E-state index in [2.05, 4.69) is 12.6 Å². The number of carbonyl (C=O) groups excluding carboxylic acids is 1. The predicted octanol–water partition coefficient (Wildman–Crippen LogP) is -3.84. The van der Waals surface area contributed by atoms with E-state index in [1.807, 2.05) is 32.6 Å². The minimum atomic E-state index is -0.255. The number of hydrogen-bond acceptors (Lipinski definition) is 4. The molecule has 0 aliphatic rings. The molecule has 0 rings (SSSR count). The van der Waals surface area contributed by atoms with Crippen molar-refractivity contribution in [2.45, 2.75) is 27.7 Å². The van der Waals surface area contributed by atoms with Gasteiger partial charge in [0.05, 0.1) is 0 Å². The van der Waals surface area contributed by atoms with Crippen molar-refractivity contribution in [2.75, 3.05) is 26.2 Å². The van der Waals surface area contributed by atoms with E-state index >= 15 is 0 Å². The fourth-order valence-electron chi connectivity index (χ4n) is 0.964. The average molecular weight is 326 g/mol. The summed E-state index contributed by atoms with van der Waals surface area (Å²) in [6.45, 7) is 11.2. The van der Waals surface area contributed by atoms with Crippen LogP contribution in [0.1, 0.15) is 27.7 Å². The molecule has 1 amide bonds. The molecule has 0 aromatic heterocycles. The van der Waals surface area contributed by atoms with Crippen LogP contribution in [0.5, 0.6) is 0 Å². The third-order valence-corrected chi connectivity index (χ3v) is 2.82. The van der Waals surface area contributed by atoms with Crippen molar-refractivity contribution in [1.82, 2.24) is 9.80 Å². The van der Waals surface area contributed by atoms with Gasteiger partial charge in [-0.2, -0.15) is 0 Å². The molecule has 0 aliphatic carbocycles. The van der Waals surface area contributed by atoms with Crippen LogP contribution in [0, 0.1) is 0 Å².